The zero-order valence-electron chi connectivity index (χ0n) is 22.2. The van der Waals surface area contributed by atoms with Crippen LogP contribution in [-0.2, 0) is 33.8 Å². The average Bonchev–Trinajstić information content (AvgIpc) is 3.39. The molecule has 2 amide bonds. The molecule has 0 spiro atoms. The van der Waals surface area contributed by atoms with E-state index in [4.69, 9.17) is 10.5 Å². The fourth-order valence-corrected chi connectivity index (χ4v) is 6.13. The Morgan fingerprint density at radius 3 is 2.50 bits per heavy atom. The molecule has 216 valence electrons. The summed E-state index contributed by atoms with van der Waals surface area (Å²) in [4.78, 5) is 41.1. The van der Waals surface area contributed by atoms with Gasteiger partial charge in [-0.1, -0.05) is 19.9 Å². The smallest absolute Gasteiger partial charge is 0.345 e. The predicted molar refractivity (Wildman–Crippen MR) is 143 cm³/mol. The molecule has 8 nitrogen and oxygen atoms in total. The van der Waals surface area contributed by atoms with Crippen molar-refractivity contribution in [3.63, 3.8) is 0 Å². The zero-order valence-corrected chi connectivity index (χ0v) is 23.1. The third-order valence-corrected chi connectivity index (χ3v) is 8.23. The van der Waals surface area contributed by atoms with E-state index in [0.717, 1.165) is 17.2 Å². The second-order valence-corrected chi connectivity index (χ2v) is 11.6. The summed E-state index contributed by atoms with van der Waals surface area (Å²) >= 11 is 1.36. The number of carbonyl (C=O) groups is 3. The van der Waals surface area contributed by atoms with Crippen molar-refractivity contribution in [3.8, 4) is 5.75 Å². The quantitative estimate of drug-likeness (QED) is 0.438. The lowest BCUT2D eigenvalue weighted by Crippen LogP contribution is -2.49. The molecule has 1 fully saturated rings. The van der Waals surface area contributed by atoms with E-state index >= 15 is 0 Å². The van der Waals surface area contributed by atoms with Crippen molar-refractivity contribution in [1.29, 1.82) is 0 Å². The molecule has 3 atom stereocenters. The maximum atomic E-state index is 14.0. The van der Waals surface area contributed by atoms with Crippen LogP contribution in [0, 0.1) is 23.4 Å². The SMILES string of the molecule is CC(C)C(Oc1ccc2c(c1)CCN(C(=O)C1SCCN1C(=O)C[C@H](N)Cc1cc(F)c(F)cc1F)C2)C(=O)O. The Hall–Kier alpha value is -3.25. The van der Waals surface area contributed by atoms with Gasteiger partial charge < -0.3 is 25.4 Å². The topological polar surface area (TPSA) is 113 Å². The minimum atomic E-state index is -1.30. The van der Waals surface area contributed by atoms with E-state index < -0.39 is 40.9 Å². The zero-order chi connectivity index (χ0) is 29.1. The molecular weight excluding hydrogens is 547 g/mol. The Morgan fingerprint density at radius 2 is 1.80 bits per heavy atom. The lowest BCUT2D eigenvalue weighted by Gasteiger charge is -2.33. The van der Waals surface area contributed by atoms with Gasteiger partial charge >= 0.3 is 5.97 Å². The Balaban J connectivity index is 1.37. The number of amides is 2. The predicted octanol–water partition coefficient (Wildman–Crippen LogP) is 3.34. The highest BCUT2D eigenvalue weighted by Crippen LogP contribution is 2.30. The molecule has 40 heavy (non-hydrogen) atoms. The number of fused-ring (bicyclic) bond motifs is 1. The molecule has 3 N–H and O–H groups in total. The Kier molecular flexibility index (Phi) is 9.29. The van der Waals surface area contributed by atoms with Gasteiger partial charge in [-0.3, -0.25) is 9.59 Å². The van der Waals surface area contributed by atoms with E-state index in [-0.39, 0.29) is 36.1 Å². The fraction of sp³-hybridized carbons (Fsp3) is 0.464. The molecule has 12 heteroatoms. The Labute approximate surface area is 234 Å². The minimum Gasteiger partial charge on any atom is -0.478 e. The van der Waals surface area contributed by atoms with Gasteiger partial charge in [-0.2, -0.15) is 0 Å². The average molecular weight is 580 g/mol. The summed E-state index contributed by atoms with van der Waals surface area (Å²) in [6, 6.07) is 5.68. The van der Waals surface area contributed by atoms with Crippen molar-refractivity contribution in [1.82, 2.24) is 9.80 Å². The lowest BCUT2D eigenvalue weighted by atomic mass is 9.99. The second kappa shape index (κ2) is 12.5. The standard InChI is InChI=1S/C28H32F3N3O5S/c1-15(2)25(28(37)38)39-20-4-3-17-14-33(6-5-16(17)10-20)26(36)27-34(7-8-40-27)24(35)12-19(32)9-18-11-22(30)23(31)13-21(18)29/h3-4,10-11,13,15,19,25,27H,5-9,12,14,32H2,1-2H3,(H,37,38)/t19-,25?,27?/m1/s1. The van der Waals surface area contributed by atoms with Crippen LogP contribution in [0.3, 0.4) is 0 Å². The molecule has 0 bridgehead atoms. The molecule has 2 heterocycles. The fourth-order valence-electron chi connectivity index (χ4n) is 4.91. The highest BCUT2D eigenvalue weighted by Gasteiger charge is 2.38. The van der Waals surface area contributed by atoms with Crippen molar-refractivity contribution in [3.05, 3.63) is 64.5 Å². The van der Waals surface area contributed by atoms with Gasteiger partial charge in [-0.25, -0.2) is 18.0 Å². The minimum absolute atomic E-state index is 0.120. The number of ether oxygens (including phenoxy) is 1. The number of nitrogens with two attached hydrogens (primary N) is 1. The first-order valence-corrected chi connectivity index (χ1v) is 14.1. The van der Waals surface area contributed by atoms with Crippen LogP contribution in [0.15, 0.2) is 30.3 Å². The van der Waals surface area contributed by atoms with Crippen molar-refractivity contribution >= 4 is 29.5 Å². The number of benzene rings is 2. The number of carbonyl (C=O) groups excluding carboxylic acids is 2. The largest absolute Gasteiger partial charge is 0.478 e. The number of thioether (sulfide) groups is 1. The summed E-state index contributed by atoms with van der Waals surface area (Å²) in [5.41, 5.74) is 7.81. The maximum Gasteiger partial charge on any atom is 0.345 e. The number of carboxylic acids is 1. The van der Waals surface area contributed by atoms with Crippen LogP contribution in [0.5, 0.6) is 5.75 Å². The molecule has 2 unspecified atom stereocenters. The summed E-state index contributed by atoms with van der Waals surface area (Å²) in [6.07, 6.45) is -0.755. The van der Waals surface area contributed by atoms with E-state index in [1.54, 1.807) is 24.8 Å². The molecule has 0 aromatic heterocycles. The first kappa shape index (κ1) is 29.7. The van der Waals surface area contributed by atoms with Gasteiger partial charge in [-0.05, 0) is 47.7 Å². The second-order valence-electron chi connectivity index (χ2n) is 10.4. The van der Waals surface area contributed by atoms with Gasteiger partial charge in [0.05, 0.1) is 0 Å². The summed E-state index contributed by atoms with van der Waals surface area (Å²) < 4.78 is 46.4. The molecule has 1 saturated heterocycles. The number of halogens is 3. The summed E-state index contributed by atoms with van der Waals surface area (Å²) in [7, 11) is 0. The van der Waals surface area contributed by atoms with Crippen LogP contribution >= 0.6 is 11.8 Å². The first-order chi connectivity index (χ1) is 18.9. The van der Waals surface area contributed by atoms with Crippen molar-refractivity contribution < 1.29 is 37.4 Å². The van der Waals surface area contributed by atoms with E-state index in [1.165, 1.54) is 16.7 Å². The van der Waals surface area contributed by atoms with Crippen LogP contribution in [0.2, 0.25) is 0 Å². The van der Waals surface area contributed by atoms with Gasteiger partial charge in [-0.15, -0.1) is 11.8 Å². The Morgan fingerprint density at radius 1 is 1.07 bits per heavy atom. The highest BCUT2D eigenvalue weighted by molar-refractivity contribution is 8.00. The van der Waals surface area contributed by atoms with Gasteiger partial charge in [0.2, 0.25) is 5.91 Å². The van der Waals surface area contributed by atoms with Crippen molar-refractivity contribution in [2.75, 3.05) is 18.8 Å². The molecule has 0 aliphatic carbocycles. The van der Waals surface area contributed by atoms with Crippen LogP contribution in [-0.4, -0.2) is 69.1 Å². The Bertz CT molecular complexity index is 1290. The van der Waals surface area contributed by atoms with E-state index in [2.05, 4.69) is 0 Å². The molecule has 0 saturated carbocycles. The van der Waals surface area contributed by atoms with Crippen molar-refractivity contribution in [2.24, 2.45) is 11.7 Å². The molecule has 2 aliphatic rings. The monoisotopic (exact) mass is 579 g/mol. The number of hydrogen-bond donors (Lipinski definition) is 2. The normalized spacial score (nSPS) is 18.4. The van der Waals surface area contributed by atoms with Crippen LogP contribution in [0.4, 0.5) is 13.2 Å². The molecule has 2 aromatic carbocycles. The van der Waals surface area contributed by atoms with Gasteiger partial charge in [0, 0.05) is 49.8 Å². The maximum absolute atomic E-state index is 14.0. The van der Waals surface area contributed by atoms with Gasteiger partial charge in [0.15, 0.2) is 23.1 Å². The van der Waals surface area contributed by atoms with Gasteiger partial charge in [0.25, 0.3) is 5.91 Å². The van der Waals surface area contributed by atoms with Crippen LogP contribution in [0.25, 0.3) is 0 Å². The number of rotatable bonds is 9. The summed E-state index contributed by atoms with van der Waals surface area (Å²) in [5, 5.41) is 8.68. The molecule has 0 radical (unpaired) electrons. The lowest BCUT2D eigenvalue weighted by molar-refractivity contribution is -0.147. The third-order valence-electron chi connectivity index (χ3n) is 7.04. The van der Waals surface area contributed by atoms with E-state index in [1.807, 2.05) is 12.1 Å². The van der Waals surface area contributed by atoms with Crippen LogP contribution < -0.4 is 10.5 Å². The van der Waals surface area contributed by atoms with E-state index in [0.29, 0.717) is 43.6 Å². The molecule has 2 aliphatic heterocycles. The first-order valence-electron chi connectivity index (χ1n) is 13.0. The van der Waals surface area contributed by atoms with Crippen LogP contribution in [0.1, 0.15) is 37.0 Å². The third kappa shape index (κ3) is 6.72. The van der Waals surface area contributed by atoms with Crippen molar-refractivity contribution in [2.45, 2.75) is 57.2 Å². The van der Waals surface area contributed by atoms with Gasteiger partial charge in [0.1, 0.15) is 11.6 Å². The summed E-state index contributed by atoms with van der Waals surface area (Å²) in [5.74, 6) is -4.20. The highest BCUT2D eigenvalue weighted by atomic mass is 32.2. The molecule has 4 rings (SSSR count). The summed E-state index contributed by atoms with van der Waals surface area (Å²) in [6.45, 7) is 4.68. The molecular formula is C28H32F3N3O5S. The number of aliphatic carboxylic acids is 1. The number of nitrogens with zero attached hydrogens (tertiary/aromatic N) is 2. The molecule has 2 aromatic rings. The van der Waals surface area contributed by atoms with E-state index in [9.17, 15) is 32.7 Å². The number of carboxylic acid groups (broad SMARTS) is 1. The number of hydrogen-bond acceptors (Lipinski definition) is 6.